The number of hydrogen-bond acceptors (Lipinski definition) is 5. The molecule has 1 aromatic carbocycles. The van der Waals surface area contributed by atoms with Crippen LogP contribution in [-0.2, 0) is 0 Å². The number of fused-ring (bicyclic) bond motifs is 1. The summed E-state index contributed by atoms with van der Waals surface area (Å²) in [5.41, 5.74) is 4.31. The highest BCUT2D eigenvalue weighted by molar-refractivity contribution is 5.95. The Morgan fingerprint density at radius 1 is 1.09 bits per heavy atom. The van der Waals surface area contributed by atoms with Crippen molar-refractivity contribution in [2.45, 2.75) is 52.0 Å². The summed E-state index contributed by atoms with van der Waals surface area (Å²) in [5, 5.41) is 10.6. The standard InChI is InChI=1S/C27H31N5/c1-19(2)22-7-9-25(30-17-22)31-13-10-27(11-14-31)15-20(3)32(18-27)24-8-6-21(16-28)26-23(24)5-4-12-29-26/h4-9,12,17,19-20H,10-11,13-15,18H2,1-3H3. The van der Waals surface area contributed by atoms with Crippen LogP contribution in [-0.4, -0.2) is 35.6 Å². The van der Waals surface area contributed by atoms with E-state index in [0.29, 0.717) is 22.9 Å². The summed E-state index contributed by atoms with van der Waals surface area (Å²) in [7, 11) is 0. The van der Waals surface area contributed by atoms with E-state index in [1.165, 1.54) is 30.5 Å². The molecule has 32 heavy (non-hydrogen) atoms. The summed E-state index contributed by atoms with van der Waals surface area (Å²) >= 11 is 0. The molecule has 164 valence electrons. The second kappa shape index (κ2) is 8.09. The van der Waals surface area contributed by atoms with E-state index in [1.807, 2.05) is 18.3 Å². The van der Waals surface area contributed by atoms with Crippen LogP contribution in [0.4, 0.5) is 11.5 Å². The molecule has 0 N–H and O–H groups in total. The fourth-order valence-corrected chi connectivity index (χ4v) is 5.64. The van der Waals surface area contributed by atoms with Crippen molar-refractivity contribution in [2.24, 2.45) is 5.41 Å². The quantitative estimate of drug-likeness (QED) is 0.554. The molecule has 1 atom stereocenters. The van der Waals surface area contributed by atoms with Gasteiger partial charge in [-0.15, -0.1) is 0 Å². The number of piperidine rings is 1. The summed E-state index contributed by atoms with van der Waals surface area (Å²) in [4.78, 5) is 14.3. The third-order valence-corrected chi connectivity index (χ3v) is 7.53. The van der Waals surface area contributed by atoms with Crippen LogP contribution in [0.3, 0.4) is 0 Å². The second-order valence-electron chi connectivity index (χ2n) is 9.92. The molecule has 5 nitrogen and oxygen atoms in total. The predicted molar refractivity (Wildman–Crippen MR) is 130 cm³/mol. The number of anilines is 2. The lowest BCUT2D eigenvalue weighted by molar-refractivity contribution is 0.244. The van der Waals surface area contributed by atoms with Gasteiger partial charge in [-0.2, -0.15) is 5.26 Å². The highest BCUT2D eigenvalue weighted by atomic mass is 15.2. The Morgan fingerprint density at radius 3 is 2.59 bits per heavy atom. The van der Waals surface area contributed by atoms with Gasteiger partial charge in [0.2, 0.25) is 0 Å². The van der Waals surface area contributed by atoms with Crippen LogP contribution in [0.1, 0.15) is 57.1 Å². The Labute approximate surface area is 190 Å². The lowest BCUT2D eigenvalue weighted by Gasteiger charge is -2.40. The normalized spacial score (nSPS) is 20.3. The molecule has 3 aromatic rings. The molecule has 0 aliphatic carbocycles. The van der Waals surface area contributed by atoms with Gasteiger partial charge in [0.1, 0.15) is 11.9 Å². The molecule has 2 aliphatic rings. The van der Waals surface area contributed by atoms with Gasteiger partial charge in [0.25, 0.3) is 0 Å². The third kappa shape index (κ3) is 3.58. The predicted octanol–water partition coefficient (Wildman–Crippen LogP) is 5.51. The largest absolute Gasteiger partial charge is 0.368 e. The van der Waals surface area contributed by atoms with Gasteiger partial charge in [-0.1, -0.05) is 19.9 Å². The summed E-state index contributed by atoms with van der Waals surface area (Å²) in [6.07, 6.45) is 7.40. The van der Waals surface area contributed by atoms with E-state index in [0.717, 1.165) is 36.4 Å². The van der Waals surface area contributed by atoms with Crippen molar-refractivity contribution >= 4 is 22.4 Å². The molecule has 2 aromatic heterocycles. The maximum atomic E-state index is 9.49. The Kier molecular flexibility index (Phi) is 5.25. The Morgan fingerprint density at radius 2 is 1.91 bits per heavy atom. The third-order valence-electron chi connectivity index (χ3n) is 7.53. The van der Waals surface area contributed by atoms with Crippen molar-refractivity contribution in [3.8, 4) is 6.07 Å². The minimum absolute atomic E-state index is 0.343. The Hall–Kier alpha value is -3.13. The zero-order valence-electron chi connectivity index (χ0n) is 19.3. The smallest absolute Gasteiger partial charge is 0.128 e. The first kappa shape index (κ1) is 20.8. The molecule has 0 bridgehead atoms. The zero-order chi connectivity index (χ0) is 22.3. The zero-order valence-corrected chi connectivity index (χ0v) is 19.3. The van der Waals surface area contributed by atoms with Crippen molar-refractivity contribution in [3.63, 3.8) is 0 Å². The maximum Gasteiger partial charge on any atom is 0.128 e. The highest BCUT2D eigenvalue weighted by Gasteiger charge is 2.44. The second-order valence-corrected chi connectivity index (χ2v) is 9.92. The van der Waals surface area contributed by atoms with Crippen molar-refractivity contribution < 1.29 is 0 Å². The Bertz CT molecular complexity index is 1150. The van der Waals surface area contributed by atoms with Gasteiger partial charge in [-0.05, 0) is 73.4 Å². The van der Waals surface area contributed by atoms with E-state index >= 15 is 0 Å². The first-order valence-electron chi connectivity index (χ1n) is 11.7. The van der Waals surface area contributed by atoms with Gasteiger partial charge in [0.15, 0.2) is 0 Å². The number of nitrogens with zero attached hydrogens (tertiary/aromatic N) is 5. The van der Waals surface area contributed by atoms with Crippen LogP contribution >= 0.6 is 0 Å². The van der Waals surface area contributed by atoms with Crippen molar-refractivity contribution in [1.29, 1.82) is 5.26 Å². The lowest BCUT2D eigenvalue weighted by atomic mass is 9.77. The summed E-state index contributed by atoms with van der Waals surface area (Å²) < 4.78 is 0. The fraction of sp³-hybridized carbons (Fsp3) is 0.444. The Balaban J connectivity index is 1.34. The van der Waals surface area contributed by atoms with Crippen LogP contribution in [0.5, 0.6) is 0 Å². The van der Waals surface area contributed by atoms with Gasteiger partial charge in [-0.25, -0.2) is 4.98 Å². The van der Waals surface area contributed by atoms with E-state index in [2.05, 4.69) is 65.9 Å². The van der Waals surface area contributed by atoms with Crippen molar-refractivity contribution in [2.75, 3.05) is 29.4 Å². The lowest BCUT2D eigenvalue weighted by Crippen LogP contribution is -2.42. The van der Waals surface area contributed by atoms with Crippen LogP contribution < -0.4 is 9.80 Å². The van der Waals surface area contributed by atoms with E-state index in [4.69, 9.17) is 4.98 Å². The number of nitriles is 1. The highest BCUT2D eigenvalue weighted by Crippen LogP contribution is 2.46. The molecule has 2 saturated heterocycles. The van der Waals surface area contributed by atoms with E-state index in [-0.39, 0.29) is 0 Å². The SMILES string of the molecule is CC(C)c1ccc(N2CCC3(CC2)CC(C)N(c2ccc(C#N)c4ncccc24)C3)nc1. The number of hydrogen-bond donors (Lipinski definition) is 0. The maximum absolute atomic E-state index is 9.49. The number of pyridine rings is 2. The van der Waals surface area contributed by atoms with E-state index < -0.39 is 0 Å². The van der Waals surface area contributed by atoms with Crippen LogP contribution in [0.15, 0.2) is 48.8 Å². The molecular weight excluding hydrogens is 394 g/mol. The minimum atomic E-state index is 0.343. The number of aromatic nitrogens is 2. The average molecular weight is 426 g/mol. The summed E-state index contributed by atoms with van der Waals surface area (Å²) in [6, 6.07) is 15.3. The van der Waals surface area contributed by atoms with Gasteiger partial charge in [-0.3, -0.25) is 4.98 Å². The molecule has 0 amide bonds. The first-order valence-corrected chi connectivity index (χ1v) is 11.7. The first-order chi connectivity index (χ1) is 15.5. The molecule has 4 heterocycles. The molecule has 5 heteroatoms. The molecule has 1 unspecified atom stereocenters. The van der Waals surface area contributed by atoms with Gasteiger partial charge < -0.3 is 9.80 Å². The van der Waals surface area contributed by atoms with Crippen LogP contribution in [0.2, 0.25) is 0 Å². The van der Waals surface area contributed by atoms with Gasteiger partial charge in [0.05, 0.1) is 11.1 Å². The van der Waals surface area contributed by atoms with Gasteiger partial charge in [0, 0.05) is 49.1 Å². The molecule has 2 fully saturated rings. The number of rotatable bonds is 3. The average Bonchev–Trinajstić information content (AvgIpc) is 3.14. The summed E-state index contributed by atoms with van der Waals surface area (Å²) in [5.74, 6) is 1.62. The monoisotopic (exact) mass is 425 g/mol. The van der Waals surface area contributed by atoms with E-state index in [9.17, 15) is 5.26 Å². The molecule has 0 saturated carbocycles. The molecule has 1 spiro atoms. The molecule has 2 aliphatic heterocycles. The molecular formula is C27H31N5. The summed E-state index contributed by atoms with van der Waals surface area (Å²) in [6.45, 7) is 9.95. The molecule has 5 rings (SSSR count). The fourth-order valence-electron chi connectivity index (χ4n) is 5.64. The number of benzene rings is 1. The van der Waals surface area contributed by atoms with Crippen molar-refractivity contribution in [1.82, 2.24) is 9.97 Å². The molecule has 0 radical (unpaired) electrons. The van der Waals surface area contributed by atoms with Crippen LogP contribution in [0, 0.1) is 16.7 Å². The van der Waals surface area contributed by atoms with E-state index in [1.54, 1.807) is 6.20 Å². The van der Waals surface area contributed by atoms with Crippen LogP contribution in [0.25, 0.3) is 10.9 Å². The minimum Gasteiger partial charge on any atom is -0.368 e. The van der Waals surface area contributed by atoms with Crippen molar-refractivity contribution in [3.05, 3.63) is 59.9 Å². The topological polar surface area (TPSA) is 56.0 Å². The van der Waals surface area contributed by atoms with Gasteiger partial charge >= 0.3 is 0 Å².